The molecule has 1 atom stereocenters. The van der Waals surface area contributed by atoms with Gasteiger partial charge in [-0.1, -0.05) is 5.92 Å². The molecular formula is C9H17NO2. The SMILES string of the molecule is CC#CCNCC(O)COCC. The number of hydrogen-bond acceptors (Lipinski definition) is 3. The second-order valence-corrected chi connectivity index (χ2v) is 2.37. The lowest BCUT2D eigenvalue weighted by atomic mass is 10.4. The van der Waals surface area contributed by atoms with Crippen molar-refractivity contribution in [1.29, 1.82) is 0 Å². The van der Waals surface area contributed by atoms with Crippen LogP contribution in [0.2, 0.25) is 0 Å². The average molecular weight is 171 g/mol. The van der Waals surface area contributed by atoms with E-state index in [9.17, 15) is 5.11 Å². The maximum absolute atomic E-state index is 9.24. The molecular weight excluding hydrogens is 154 g/mol. The van der Waals surface area contributed by atoms with Crippen molar-refractivity contribution in [3.63, 3.8) is 0 Å². The fourth-order valence-electron chi connectivity index (χ4n) is 0.702. The normalized spacial score (nSPS) is 11.9. The van der Waals surface area contributed by atoms with Gasteiger partial charge in [-0.3, -0.25) is 0 Å². The molecule has 0 radical (unpaired) electrons. The van der Waals surface area contributed by atoms with Crippen LogP contribution < -0.4 is 5.32 Å². The Morgan fingerprint density at radius 2 is 2.33 bits per heavy atom. The summed E-state index contributed by atoms with van der Waals surface area (Å²) in [5, 5.41) is 12.2. The highest BCUT2D eigenvalue weighted by Gasteiger charge is 2.00. The van der Waals surface area contributed by atoms with E-state index in [0.717, 1.165) is 0 Å². The van der Waals surface area contributed by atoms with E-state index in [1.807, 2.05) is 6.92 Å². The molecule has 0 rings (SSSR count). The van der Waals surface area contributed by atoms with Gasteiger partial charge in [0.15, 0.2) is 0 Å². The zero-order chi connectivity index (χ0) is 9.23. The molecule has 0 aromatic carbocycles. The Hall–Kier alpha value is -0.560. The highest BCUT2D eigenvalue weighted by atomic mass is 16.5. The Bertz CT molecular complexity index is 148. The van der Waals surface area contributed by atoms with Crippen molar-refractivity contribution in [2.45, 2.75) is 20.0 Å². The molecule has 0 spiro atoms. The molecule has 0 fully saturated rings. The molecule has 70 valence electrons. The Kier molecular flexibility index (Phi) is 8.14. The Morgan fingerprint density at radius 1 is 1.58 bits per heavy atom. The third-order valence-electron chi connectivity index (χ3n) is 1.28. The molecule has 0 aromatic heterocycles. The van der Waals surface area contributed by atoms with Crippen molar-refractivity contribution in [3.05, 3.63) is 0 Å². The first-order valence-corrected chi connectivity index (χ1v) is 4.17. The topological polar surface area (TPSA) is 41.5 Å². The van der Waals surface area contributed by atoms with Crippen molar-refractivity contribution in [2.75, 3.05) is 26.3 Å². The van der Waals surface area contributed by atoms with Gasteiger partial charge in [0.25, 0.3) is 0 Å². The summed E-state index contributed by atoms with van der Waals surface area (Å²) in [5.74, 6) is 5.61. The number of aliphatic hydroxyl groups is 1. The highest BCUT2D eigenvalue weighted by Crippen LogP contribution is 1.82. The zero-order valence-corrected chi connectivity index (χ0v) is 7.76. The number of nitrogens with one attached hydrogen (secondary N) is 1. The van der Waals surface area contributed by atoms with Gasteiger partial charge in [-0.05, 0) is 13.8 Å². The number of hydrogen-bond donors (Lipinski definition) is 2. The van der Waals surface area contributed by atoms with Gasteiger partial charge >= 0.3 is 0 Å². The minimum Gasteiger partial charge on any atom is -0.389 e. The molecule has 0 bridgehead atoms. The fraction of sp³-hybridized carbons (Fsp3) is 0.778. The molecule has 12 heavy (non-hydrogen) atoms. The van der Waals surface area contributed by atoms with Crippen molar-refractivity contribution in [1.82, 2.24) is 5.32 Å². The minimum atomic E-state index is -0.427. The van der Waals surface area contributed by atoms with Crippen LogP contribution in [0.5, 0.6) is 0 Å². The van der Waals surface area contributed by atoms with E-state index in [4.69, 9.17) is 4.74 Å². The van der Waals surface area contributed by atoms with E-state index in [-0.39, 0.29) is 0 Å². The van der Waals surface area contributed by atoms with Gasteiger partial charge < -0.3 is 15.2 Å². The summed E-state index contributed by atoms with van der Waals surface area (Å²) < 4.78 is 5.03. The Morgan fingerprint density at radius 3 is 2.92 bits per heavy atom. The predicted octanol–water partition coefficient (Wildman–Crippen LogP) is -0.00330. The monoisotopic (exact) mass is 171 g/mol. The molecule has 0 amide bonds. The maximum Gasteiger partial charge on any atom is 0.0897 e. The summed E-state index contributed by atoms with van der Waals surface area (Å²) >= 11 is 0. The Balaban J connectivity index is 3.17. The van der Waals surface area contributed by atoms with E-state index in [1.165, 1.54) is 0 Å². The second kappa shape index (κ2) is 8.54. The van der Waals surface area contributed by atoms with Gasteiger partial charge in [-0.2, -0.15) is 0 Å². The molecule has 0 saturated carbocycles. The molecule has 0 aliphatic carbocycles. The third kappa shape index (κ3) is 7.55. The lowest BCUT2D eigenvalue weighted by Crippen LogP contribution is -2.30. The van der Waals surface area contributed by atoms with E-state index in [1.54, 1.807) is 6.92 Å². The standard InChI is InChI=1S/C9H17NO2/c1-3-5-6-10-7-9(11)8-12-4-2/h9-11H,4,6-8H2,1-2H3. The van der Waals surface area contributed by atoms with Gasteiger partial charge in [0, 0.05) is 13.2 Å². The molecule has 1 unspecified atom stereocenters. The summed E-state index contributed by atoms with van der Waals surface area (Å²) in [6.45, 7) is 5.89. The molecule has 0 heterocycles. The van der Waals surface area contributed by atoms with Crippen LogP contribution in [0.1, 0.15) is 13.8 Å². The smallest absolute Gasteiger partial charge is 0.0897 e. The molecule has 2 N–H and O–H groups in total. The third-order valence-corrected chi connectivity index (χ3v) is 1.28. The number of ether oxygens (including phenoxy) is 1. The molecule has 0 saturated heterocycles. The van der Waals surface area contributed by atoms with Gasteiger partial charge in [-0.25, -0.2) is 0 Å². The van der Waals surface area contributed by atoms with E-state index in [0.29, 0.717) is 26.3 Å². The quantitative estimate of drug-likeness (QED) is 0.436. The van der Waals surface area contributed by atoms with Gasteiger partial charge in [0.05, 0.1) is 19.3 Å². The summed E-state index contributed by atoms with van der Waals surface area (Å²) in [5.41, 5.74) is 0. The Labute approximate surface area is 74.1 Å². The maximum atomic E-state index is 9.24. The van der Waals surface area contributed by atoms with Crippen LogP contribution in [0, 0.1) is 11.8 Å². The fourth-order valence-corrected chi connectivity index (χ4v) is 0.702. The van der Waals surface area contributed by atoms with E-state index >= 15 is 0 Å². The predicted molar refractivity (Wildman–Crippen MR) is 48.8 cm³/mol. The van der Waals surface area contributed by atoms with Crippen LogP contribution in [0.15, 0.2) is 0 Å². The first-order valence-electron chi connectivity index (χ1n) is 4.17. The lowest BCUT2D eigenvalue weighted by molar-refractivity contribution is 0.0434. The number of rotatable bonds is 6. The highest BCUT2D eigenvalue weighted by molar-refractivity contribution is 4.96. The van der Waals surface area contributed by atoms with Crippen molar-refractivity contribution < 1.29 is 9.84 Å². The zero-order valence-electron chi connectivity index (χ0n) is 7.76. The van der Waals surface area contributed by atoms with E-state index < -0.39 is 6.10 Å². The second-order valence-electron chi connectivity index (χ2n) is 2.37. The molecule has 0 aliphatic rings. The van der Waals surface area contributed by atoms with Crippen LogP contribution in [-0.2, 0) is 4.74 Å². The van der Waals surface area contributed by atoms with Crippen LogP contribution in [0.4, 0.5) is 0 Å². The summed E-state index contributed by atoms with van der Waals surface area (Å²) in [6, 6.07) is 0. The van der Waals surface area contributed by atoms with Gasteiger partial charge in [0.2, 0.25) is 0 Å². The van der Waals surface area contributed by atoms with Crippen LogP contribution >= 0.6 is 0 Å². The first-order chi connectivity index (χ1) is 5.81. The van der Waals surface area contributed by atoms with Crippen LogP contribution in [0.25, 0.3) is 0 Å². The van der Waals surface area contributed by atoms with Gasteiger partial charge in [-0.15, -0.1) is 5.92 Å². The molecule has 0 aliphatic heterocycles. The van der Waals surface area contributed by atoms with E-state index in [2.05, 4.69) is 17.2 Å². The molecule has 0 aromatic rings. The first kappa shape index (κ1) is 11.4. The van der Waals surface area contributed by atoms with Crippen molar-refractivity contribution in [2.24, 2.45) is 0 Å². The largest absolute Gasteiger partial charge is 0.389 e. The minimum absolute atomic E-state index is 0.392. The van der Waals surface area contributed by atoms with Crippen LogP contribution in [0.3, 0.4) is 0 Å². The molecule has 3 nitrogen and oxygen atoms in total. The average Bonchev–Trinajstić information content (AvgIpc) is 2.09. The summed E-state index contributed by atoms with van der Waals surface area (Å²) in [4.78, 5) is 0. The van der Waals surface area contributed by atoms with Crippen molar-refractivity contribution in [3.8, 4) is 11.8 Å². The van der Waals surface area contributed by atoms with Crippen molar-refractivity contribution >= 4 is 0 Å². The van der Waals surface area contributed by atoms with Gasteiger partial charge in [0.1, 0.15) is 0 Å². The summed E-state index contributed by atoms with van der Waals surface area (Å²) in [7, 11) is 0. The summed E-state index contributed by atoms with van der Waals surface area (Å²) in [6.07, 6.45) is -0.427. The molecule has 3 heteroatoms. The van der Waals surface area contributed by atoms with Crippen LogP contribution in [-0.4, -0.2) is 37.5 Å². The number of aliphatic hydroxyl groups excluding tert-OH is 1. The lowest BCUT2D eigenvalue weighted by Gasteiger charge is -2.09.